The molecule has 9 heteroatoms. The molecule has 1 aromatic carbocycles. The summed E-state index contributed by atoms with van der Waals surface area (Å²) in [5, 5.41) is 7.97. The lowest BCUT2D eigenvalue weighted by atomic mass is 9.97. The molecule has 1 aromatic rings. The third kappa shape index (κ3) is 4.91. The van der Waals surface area contributed by atoms with Gasteiger partial charge in [0.2, 0.25) is 5.91 Å². The predicted octanol–water partition coefficient (Wildman–Crippen LogP) is 0.811. The second-order valence-electron chi connectivity index (χ2n) is 7.64. The average molecular weight is 397 g/mol. The fourth-order valence-electron chi connectivity index (χ4n) is 3.55. The third-order valence-corrected chi connectivity index (χ3v) is 5.98. The molecule has 1 saturated heterocycles. The molecular formula is C18H27N3O5S. The summed E-state index contributed by atoms with van der Waals surface area (Å²) in [6, 6.07) is 5.84. The molecule has 3 N–H and O–H groups in total. The number of para-hydroxylation sites is 1. The SMILES string of the molecule is CC1(C)Cc2cccc(OCCNC(=O)C3CCN(S(N)(=O)=O)CC3)c2O1. The van der Waals surface area contributed by atoms with Crippen LogP contribution in [0.25, 0.3) is 0 Å². The Kier molecular flexibility index (Phi) is 5.64. The van der Waals surface area contributed by atoms with Gasteiger partial charge in [-0.2, -0.15) is 12.7 Å². The van der Waals surface area contributed by atoms with Gasteiger partial charge < -0.3 is 14.8 Å². The van der Waals surface area contributed by atoms with E-state index in [9.17, 15) is 13.2 Å². The van der Waals surface area contributed by atoms with Crippen LogP contribution in [0.4, 0.5) is 0 Å². The Balaban J connectivity index is 1.43. The molecule has 0 bridgehead atoms. The summed E-state index contributed by atoms with van der Waals surface area (Å²) in [7, 11) is -3.67. The maximum absolute atomic E-state index is 12.2. The van der Waals surface area contributed by atoms with E-state index >= 15 is 0 Å². The van der Waals surface area contributed by atoms with E-state index in [1.165, 1.54) is 4.31 Å². The van der Waals surface area contributed by atoms with Gasteiger partial charge in [-0.3, -0.25) is 4.79 Å². The lowest BCUT2D eigenvalue weighted by Gasteiger charge is -2.29. The van der Waals surface area contributed by atoms with Crippen molar-refractivity contribution in [1.82, 2.24) is 9.62 Å². The van der Waals surface area contributed by atoms with Crippen LogP contribution in [0.15, 0.2) is 18.2 Å². The molecule has 150 valence electrons. The summed E-state index contributed by atoms with van der Waals surface area (Å²) in [6.07, 6.45) is 1.78. The van der Waals surface area contributed by atoms with Crippen molar-refractivity contribution in [3.05, 3.63) is 23.8 Å². The van der Waals surface area contributed by atoms with E-state index in [0.29, 0.717) is 31.7 Å². The molecule has 0 atom stereocenters. The second-order valence-corrected chi connectivity index (χ2v) is 9.19. The summed E-state index contributed by atoms with van der Waals surface area (Å²) in [5.74, 6) is 1.19. The number of amides is 1. The van der Waals surface area contributed by atoms with Crippen LogP contribution in [0.2, 0.25) is 0 Å². The summed E-state index contributed by atoms with van der Waals surface area (Å²) in [4.78, 5) is 12.2. The molecule has 1 amide bonds. The smallest absolute Gasteiger partial charge is 0.276 e. The fourth-order valence-corrected chi connectivity index (χ4v) is 4.27. The van der Waals surface area contributed by atoms with E-state index in [1.807, 2.05) is 32.0 Å². The Morgan fingerprint density at radius 3 is 2.74 bits per heavy atom. The van der Waals surface area contributed by atoms with Gasteiger partial charge in [0.15, 0.2) is 11.5 Å². The number of ether oxygens (including phenoxy) is 2. The highest BCUT2D eigenvalue weighted by molar-refractivity contribution is 7.86. The van der Waals surface area contributed by atoms with E-state index in [4.69, 9.17) is 14.6 Å². The lowest BCUT2D eigenvalue weighted by Crippen LogP contribution is -2.45. The van der Waals surface area contributed by atoms with Gasteiger partial charge in [0, 0.05) is 31.0 Å². The van der Waals surface area contributed by atoms with Crippen molar-refractivity contribution in [3.8, 4) is 11.5 Å². The van der Waals surface area contributed by atoms with E-state index < -0.39 is 10.2 Å². The number of carbonyl (C=O) groups is 1. The summed E-state index contributed by atoms with van der Waals surface area (Å²) >= 11 is 0. The minimum atomic E-state index is -3.67. The number of hydrogen-bond acceptors (Lipinski definition) is 5. The van der Waals surface area contributed by atoms with Crippen molar-refractivity contribution in [2.24, 2.45) is 11.1 Å². The Labute approximate surface area is 160 Å². The van der Waals surface area contributed by atoms with Crippen LogP contribution in [-0.2, 0) is 21.4 Å². The first-order valence-electron chi connectivity index (χ1n) is 9.15. The maximum Gasteiger partial charge on any atom is 0.276 e. The molecule has 0 unspecified atom stereocenters. The number of nitrogens with two attached hydrogens (primary N) is 1. The first-order valence-corrected chi connectivity index (χ1v) is 10.7. The number of fused-ring (bicyclic) bond motifs is 1. The van der Waals surface area contributed by atoms with Crippen molar-refractivity contribution in [1.29, 1.82) is 0 Å². The van der Waals surface area contributed by atoms with E-state index in [1.54, 1.807) is 0 Å². The van der Waals surface area contributed by atoms with Gasteiger partial charge in [-0.25, -0.2) is 5.14 Å². The fraction of sp³-hybridized carbons (Fsp3) is 0.611. The monoisotopic (exact) mass is 397 g/mol. The Bertz CT molecular complexity index is 801. The topological polar surface area (TPSA) is 111 Å². The molecule has 8 nitrogen and oxygen atoms in total. The zero-order valence-corrected chi connectivity index (χ0v) is 16.5. The van der Waals surface area contributed by atoms with Crippen LogP contribution < -0.4 is 19.9 Å². The molecule has 0 radical (unpaired) electrons. The van der Waals surface area contributed by atoms with Gasteiger partial charge in [0.25, 0.3) is 10.2 Å². The Hall–Kier alpha value is -1.84. The highest BCUT2D eigenvalue weighted by Gasteiger charge is 2.32. The van der Waals surface area contributed by atoms with Crippen molar-refractivity contribution < 1.29 is 22.7 Å². The zero-order chi connectivity index (χ0) is 19.7. The van der Waals surface area contributed by atoms with Crippen molar-refractivity contribution in [3.63, 3.8) is 0 Å². The van der Waals surface area contributed by atoms with E-state index in [-0.39, 0.29) is 30.5 Å². The van der Waals surface area contributed by atoms with Crippen LogP contribution in [0.1, 0.15) is 32.3 Å². The number of rotatable bonds is 6. The standard InChI is InChI=1S/C18H27N3O5S/c1-18(2)12-14-4-3-5-15(16(14)26-18)25-11-8-20-17(22)13-6-9-21(10-7-13)27(19,23)24/h3-5,13H,6-12H2,1-2H3,(H,20,22)(H2,19,23,24). The molecule has 0 aliphatic carbocycles. The van der Waals surface area contributed by atoms with Gasteiger partial charge in [-0.15, -0.1) is 0 Å². The highest BCUT2D eigenvalue weighted by atomic mass is 32.2. The maximum atomic E-state index is 12.2. The number of nitrogens with one attached hydrogen (secondary N) is 1. The van der Waals surface area contributed by atoms with Gasteiger partial charge in [0.05, 0.1) is 6.54 Å². The van der Waals surface area contributed by atoms with E-state index in [0.717, 1.165) is 17.7 Å². The average Bonchev–Trinajstić information content (AvgIpc) is 2.92. The van der Waals surface area contributed by atoms with Crippen molar-refractivity contribution >= 4 is 16.1 Å². The number of piperidine rings is 1. The molecule has 2 aliphatic heterocycles. The Morgan fingerprint density at radius 2 is 2.07 bits per heavy atom. The molecule has 2 aliphatic rings. The number of carbonyl (C=O) groups excluding carboxylic acids is 1. The quantitative estimate of drug-likeness (QED) is 0.690. The van der Waals surface area contributed by atoms with Crippen LogP contribution in [0.5, 0.6) is 11.5 Å². The number of benzene rings is 1. The zero-order valence-electron chi connectivity index (χ0n) is 15.7. The Morgan fingerprint density at radius 1 is 1.37 bits per heavy atom. The molecule has 0 saturated carbocycles. The van der Waals surface area contributed by atoms with Crippen molar-refractivity contribution in [2.45, 2.75) is 38.7 Å². The largest absolute Gasteiger partial charge is 0.488 e. The number of nitrogens with zero attached hydrogens (tertiary/aromatic N) is 1. The van der Waals surface area contributed by atoms with E-state index in [2.05, 4.69) is 5.32 Å². The molecule has 2 heterocycles. The summed E-state index contributed by atoms with van der Waals surface area (Å²) in [6.45, 7) is 5.34. The van der Waals surface area contributed by atoms with Gasteiger partial charge in [-0.05, 0) is 32.8 Å². The number of hydrogen-bond donors (Lipinski definition) is 2. The lowest BCUT2D eigenvalue weighted by molar-refractivity contribution is -0.126. The molecular weight excluding hydrogens is 370 g/mol. The molecule has 0 aromatic heterocycles. The van der Waals surface area contributed by atoms with Crippen LogP contribution in [-0.4, -0.2) is 50.5 Å². The third-order valence-electron chi connectivity index (χ3n) is 4.90. The van der Waals surface area contributed by atoms with Gasteiger partial charge in [-0.1, -0.05) is 12.1 Å². The normalized spacial score (nSPS) is 20.0. The summed E-state index contributed by atoms with van der Waals surface area (Å²) < 4.78 is 35.6. The first kappa shape index (κ1) is 19.9. The first-order chi connectivity index (χ1) is 12.7. The highest BCUT2D eigenvalue weighted by Crippen LogP contribution is 2.41. The second kappa shape index (κ2) is 7.65. The summed E-state index contributed by atoms with van der Waals surface area (Å²) in [5.41, 5.74) is 0.894. The molecule has 1 fully saturated rings. The van der Waals surface area contributed by atoms with Crippen LogP contribution in [0.3, 0.4) is 0 Å². The van der Waals surface area contributed by atoms with Crippen molar-refractivity contribution in [2.75, 3.05) is 26.2 Å². The molecule has 3 rings (SSSR count). The minimum Gasteiger partial charge on any atom is -0.488 e. The van der Waals surface area contributed by atoms with Gasteiger partial charge >= 0.3 is 0 Å². The predicted molar refractivity (Wildman–Crippen MR) is 101 cm³/mol. The van der Waals surface area contributed by atoms with Crippen LogP contribution in [0, 0.1) is 5.92 Å². The molecule has 0 spiro atoms. The minimum absolute atomic E-state index is 0.0802. The van der Waals surface area contributed by atoms with Gasteiger partial charge in [0.1, 0.15) is 12.2 Å². The van der Waals surface area contributed by atoms with Crippen LogP contribution >= 0.6 is 0 Å². The molecule has 27 heavy (non-hydrogen) atoms.